The van der Waals surface area contributed by atoms with Crippen molar-refractivity contribution in [1.82, 2.24) is 14.9 Å². The molecule has 0 aliphatic carbocycles. The highest BCUT2D eigenvalue weighted by Crippen LogP contribution is 2.31. The third-order valence-corrected chi connectivity index (χ3v) is 2.92. The highest BCUT2D eigenvalue weighted by molar-refractivity contribution is 6.31. The highest BCUT2D eigenvalue weighted by atomic mass is 35.5. The number of rotatable bonds is 4. The smallest absolute Gasteiger partial charge is 0.350 e. The lowest BCUT2D eigenvalue weighted by Gasteiger charge is -2.10. The van der Waals surface area contributed by atoms with Gasteiger partial charge in [0.1, 0.15) is 0 Å². The molecule has 2 aromatic rings. The van der Waals surface area contributed by atoms with E-state index in [0.717, 1.165) is 12.1 Å². The van der Waals surface area contributed by atoms with Gasteiger partial charge in [-0.15, -0.1) is 0 Å². The fraction of sp³-hybridized carbons (Fsp3) is 0.231. The third-order valence-electron chi connectivity index (χ3n) is 2.70. The highest BCUT2D eigenvalue weighted by Gasteiger charge is 2.31. The summed E-state index contributed by atoms with van der Waals surface area (Å²) in [5, 5.41) is 2.39. The van der Waals surface area contributed by atoms with E-state index < -0.39 is 17.6 Å². The van der Waals surface area contributed by atoms with Crippen LogP contribution in [0.4, 0.5) is 13.2 Å². The maximum Gasteiger partial charge on any atom is 0.416 e. The van der Waals surface area contributed by atoms with Crippen LogP contribution in [0.1, 0.15) is 15.9 Å². The minimum absolute atomic E-state index is 0.125. The molecule has 0 unspecified atom stereocenters. The first-order chi connectivity index (χ1) is 9.86. The Morgan fingerprint density at radius 1 is 1.33 bits per heavy atom. The van der Waals surface area contributed by atoms with Crippen LogP contribution >= 0.6 is 11.6 Å². The first-order valence-electron chi connectivity index (χ1n) is 5.98. The minimum atomic E-state index is -4.54. The number of imidazole rings is 1. The van der Waals surface area contributed by atoms with Crippen molar-refractivity contribution in [3.63, 3.8) is 0 Å². The number of halogens is 4. The maximum absolute atomic E-state index is 12.6. The Kier molecular flexibility index (Phi) is 4.52. The van der Waals surface area contributed by atoms with Crippen LogP contribution in [0, 0.1) is 0 Å². The molecule has 0 radical (unpaired) electrons. The Bertz CT molecular complexity index is 626. The number of benzene rings is 1. The van der Waals surface area contributed by atoms with Crippen molar-refractivity contribution in [3.05, 3.63) is 53.1 Å². The Labute approximate surface area is 123 Å². The molecule has 1 heterocycles. The zero-order valence-electron chi connectivity index (χ0n) is 10.7. The average molecular weight is 318 g/mol. The normalized spacial score (nSPS) is 11.4. The van der Waals surface area contributed by atoms with Crippen molar-refractivity contribution in [2.45, 2.75) is 12.7 Å². The summed E-state index contributed by atoms with van der Waals surface area (Å²) in [5.74, 6) is -0.608. The average Bonchev–Trinajstić information content (AvgIpc) is 2.90. The van der Waals surface area contributed by atoms with Gasteiger partial charge in [0.2, 0.25) is 0 Å². The molecule has 0 spiro atoms. The Morgan fingerprint density at radius 3 is 2.71 bits per heavy atom. The number of nitrogens with zero attached hydrogens (tertiary/aromatic N) is 2. The van der Waals surface area contributed by atoms with Crippen molar-refractivity contribution in [3.8, 4) is 0 Å². The van der Waals surface area contributed by atoms with Crippen LogP contribution < -0.4 is 5.32 Å². The standard InChI is InChI=1S/C13H11ClF3N3O/c14-11-6-9(5-10(7-11)13(15,16)17)12(21)19-2-4-20-3-1-18-8-20/h1,3,5-8H,2,4H2,(H,19,21). The SMILES string of the molecule is O=C(NCCn1ccnc1)c1cc(Cl)cc(C(F)(F)F)c1. The van der Waals surface area contributed by atoms with E-state index in [1.807, 2.05) is 0 Å². The molecule has 0 aliphatic rings. The lowest BCUT2D eigenvalue weighted by atomic mass is 10.1. The van der Waals surface area contributed by atoms with Gasteiger partial charge < -0.3 is 9.88 Å². The Hall–Kier alpha value is -2.02. The molecule has 0 atom stereocenters. The van der Waals surface area contributed by atoms with Gasteiger partial charge in [0, 0.05) is 36.1 Å². The van der Waals surface area contributed by atoms with Crippen LogP contribution in [0.15, 0.2) is 36.9 Å². The van der Waals surface area contributed by atoms with E-state index in [1.54, 1.807) is 23.3 Å². The lowest BCUT2D eigenvalue weighted by Crippen LogP contribution is -2.27. The molecule has 1 N–H and O–H groups in total. The summed E-state index contributed by atoms with van der Waals surface area (Å²) in [6, 6.07) is 2.76. The molecule has 0 saturated heterocycles. The number of carbonyl (C=O) groups is 1. The quantitative estimate of drug-likeness (QED) is 0.942. The van der Waals surface area contributed by atoms with Gasteiger partial charge in [-0.2, -0.15) is 13.2 Å². The molecule has 4 nitrogen and oxygen atoms in total. The molecule has 8 heteroatoms. The van der Waals surface area contributed by atoms with Crippen molar-refractivity contribution in [2.24, 2.45) is 0 Å². The second-order valence-electron chi connectivity index (χ2n) is 4.28. The van der Waals surface area contributed by atoms with Crippen LogP contribution in [-0.2, 0) is 12.7 Å². The summed E-state index contributed by atoms with van der Waals surface area (Å²) in [6.07, 6.45) is 0.339. The number of hydrogen-bond acceptors (Lipinski definition) is 2. The molecule has 0 bridgehead atoms. The molecule has 1 aromatic heterocycles. The molecule has 1 aromatic carbocycles. The second-order valence-corrected chi connectivity index (χ2v) is 4.72. The first kappa shape index (κ1) is 15.4. The molecular weight excluding hydrogens is 307 g/mol. The van der Waals surface area contributed by atoms with Gasteiger partial charge in [-0.05, 0) is 18.2 Å². The molecular formula is C13H11ClF3N3O. The summed E-state index contributed by atoms with van der Waals surface area (Å²) in [4.78, 5) is 15.7. The summed E-state index contributed by atoms with van der Waals surface area (Å²) in [6.45, 7) is 0.738. The number of amides is 1. The molecule has 21 heavy (non-hydrogen) atoms. The van der Waals surface area contributed by atoms with Crippen LogP contribution in [0.5, 0.6) is 0 Å². The molecule has 0 aliphatic heterocycles. The summed E-state index contributed by atoms with van der Waals surface area (Å²) >= 11 is 5.62. The van der Waals surface area contributed by atoms with E-state index >= 15 is 0 Å². The monoisotopic (exact) mass is 317 g/mol. The third kappa shape index (κ3) is 4.22. The molecule has 0 fully saturated rings. The van der Waals surface area contributed by atoms with Crippen molar-refractivity contribution in [1.29, 1.82) is 0 Å². The van der Waals surface area contributed by atoms with Crippen LogP contribution in [0.3, 0.4) is 0 Å². The zero-order chi connectivity index (χ0) is 15.5. The Morgan fingerprint density at radius 2 is 2.10 bits per heavy atom. The predicted octanol–water partition coefficient (Wildman–Crippen LogP) is 2.99. The largest absolute Gasteiger partial charge is 0.416 e. The fourth-order valence-electron chi connectivity index (χ4n) is 1.70. The van der Waals surface area contributed by atoms with Gasteiger partial charge >= 0.3 is 6.18 Å². The molecule has 112 valence electrons. The van der Waals surface area contributed by atoms with Crippen LogP contribution in [-0.4, -0.2) is 22.0 Å². The minimum Gasteiger partial charge on any atom is -0.350 e. The van der Waals surface area contributed by atoms with Gasteiger partial charge in [0.05, 0.1) is 11.9 Å². The van der Waals surface area contributed by atoms with E-state index in [2.05, 4.69) is 10.3 Å². The number of aromatic nitrogens is 2. The second kappa shape index (κ2) is 6.17. The van der Waals surface area contributed by atoms with Crippen molar-refractivity contribution >= 4 is 17.5 Å². The molecule has 1 amide bonds. The van der Waals surface area contributed by atoms with Crippen molar-refractivity contribution in [2.75, 3.05) is 6.54 Å². The summed E-state index contributed by atoms with van der Waals surface area (Å²) < 4.78 is 39.7. The van der Waals surface area contributed by atoms with E-state index in [4.69, 9.17) is 11.6 Å². The van der Waals surface area contributed by atoms with E-state index in [0.29, 0.717) is 6.54 Å². The fourth-order valence-corrected chi connectivity index (χ4v) is 1.94. The van der Waals surface area contributed by atoms with E-state index in [1.165, 1.54) is 6.07 Å². The summed E-state index contributed by atoms with van der Waals surface area (Å²) in [5.41, 5.74) is -1.07. The number of hydrogen-bond donors (Lipinski definition) is 1. The lowest BCUT2D eigenvalue weighted by molar-refractivity contribution is -0.137. The maximum atomic E-state index is 12.6. The number of alkyl halides is 3. The number of nitrogens with one attached hydrogen (secondary N) is 1. The van der Waals surface area contributed by atoms with E-state index in [9.17, 15) is 18.0 Å². The molecule has 2 rings (SSSR count). The molecule has 0 saturated carbocycles. The van der Waals surface area contributed by atoms with Gasteiger partial charge in [0.15, 0.2) is 0 Å². The number of carbonyl (C=O) groups excluding carboxylic acids is 1. The Balaban J connectivity index is 2.03. The van der Waals surface area contributed by atoms with Gasteiger partial charge in [-0.3, -0.25) is 4.79 Å². The first-order valence-corrected chi connectivity index (χ1v) is 6.36. The summed E-state index contributed by atoms with van der Waals surface area (Å²) in [7, 11) is 0. The topological polar surface area (TPSA) is 46.9 Å². The van der Waals surface area contributed by atoms with Gasteiger partial charge in [-0.1, -0.05) is 11.6 Å². The van der Waals surface area contributed by atoms with Crippen LogP contribution in [0.2, 0.25) is 5.02 Å². The van der Waals surface area contributed by atoms with E-state index in [-0.39, 0.29) is 17.1 Å². The van der Waals surface area contributed by atoms with Crippen LogP contribution in [0.25, 0.3) is 0 Å². The predicted molar refractivity (Wildman–Crippen MR) is 71.0 cm³/mol. The zero-order valence-corrected chi connectivity index (χ0v) is 11.4. The van der Waals surface area contributed by atoms with Gasteiger partial charge in [-0.25, -0.2) is 4.98 Å². The van der Waals surface area contributed by atoms with Gasteiger partial charge in [0.25, 0.3) is 5.91 Å². The van der Waals surface area contributed by atoms with Crippen molar-refractivity contribution < 1.29 is 18.0 Å².